The summed E-state index contributed by atoms with van der Waals surface area (Å²) < 4.78 is 13.1. The second kappa shape index (κ2) is 6.58. The lowest BCUT2D eigenvalue weighted by Crippen LogP contribution is -2.30. The summed E-state index contributed by atoms with van der Waals surface area (Å²) in [5.74, 6) is -1.20. The van der Waals surface area contributed by atoms with Crippen LogP contribution in [0.1, 0.15) is 23.7 Å². The van der Waals surface area contributed by atoms with Gasteiger partial charge in [-0.15, -0.1) is 0 Å². The van der Waals surface area contributed by atoms with Crippen LogP contribution in [0.2, 0.25) is 0 Å². The van der Waals surface area contributed by atoms with Gasteiger partial charge in [0, 0.05) is 25.1 Å². The second-order valence-corrected chi connectivity index (χ2v) is 3.70. The minimum Gasteiger partial charge on any atom is -0.396 e. The summed E-state index contributed by atoms with van der Waals surface area (Å²) in [7, 11) is 0. The Labute approximate surface area is 105 Å². The number of halogens is 1. The zero-order chi connectivity index (χ0) is 13.5. The van der Waals surface area contributed by atoms with E-state index in [1.807, 2.05) is 6.92 Å². The van der Waals surface area contributed by atoms with Gasteiger partial charge in [0.15, 0.2) is 0 Å². The first-order valence-corrected chi connectivity index (χ1v) is 5.64. The van der Waals surface area contributed by atoms with Gasteiger partial charge in [0.1, 0.15) is 5.82 Å². The van der Waals surface area contributed by atoms with E-state index in [1.54, 1.807) is 0 Å². The van der Waals surface area contributed by atoms with Gasteiger partial charge in [-0.05, 0) is 25.1 Å². The molecule has 0 saturated carbocycles. The average Bonchev–Trinajstić information content (AvgIpc) is 2.33. The molecule has 0 unspecified atom stereocenters. The van der Waals surface area contributed by atoms with E-state index in [0.717, 1.165) is 6.07 Å². The van der Waals surface area contributed by atoms with Gasteiger partial charge in [-0.25, -0.2) is 4.39 Å². The molecule has 2 amide bonds. The van der Waals surface area contributed by atoms with Gasteiger partial charge in [0.2, 0.25) is 5.91 Å². The Bertz CT molecular complexity index is 449. The number of amides is 2. The lowest BCUT2D eigenvalue weighted by atomic mass is 10.2. The third-order valence-electron chi connectivity index (χ3n) is 2.27. The molecule has 0 aliphatic rings. The summed E-state index contributed by atoms with van der Waals surface area (Å²) in [5, 5.41) is 5.14. The molecule has 0 heterocycles. The highest BCUT2D eigenvalue weighted by atomic mass is 19.1. The van der Waals surface area contributed by atoms with Crippen molar-refractivity contribution in [3.8, 4) is 0 Å². The molecule has 6 heteroatoms. The fourth-order valence-electron chi connectivity index (χ4n) is 1.35. The number of rotatable bonds is 5. The van der Waals surface area contributed by atoms with Gasteiger partial charge >= 0.3 is 0 Å². The number of hydrogen-bond donors (Lipinski definition) is 3. The molecule has 0 aliphatic heterocycles. The van der Waals surface area contributed by atoms with Crippen molar-refractivity contribution in [2.75, 3.05) is 18.8 Å². The van der Waals surface area contributed by atoms with E-state index in [9.17, 15) is 14.0 Å². The third-order valence-corrected chi connectivity index (χ3v) is 2.27. The Balaban J connectivity index is 2.45. The van der Waals surface area contributed by atoms with Crippen molar-refractivity contribution in [2.24, 2.45) is 0 Å². The molecule has 0 spiro atoms. The minimum atomic E-state index is -0.633. The molecule has 1 rings (SSSR count). The molecule has 1 aromatic carbocycles. The average molecular weight is 253 g/mol. The summed E-state index contributed by atoms with van der Waals surface area (Å²) >= 11 is 0. The topological polar surface area (TPSA) is 84.2 Å². The van der Waals surface area contributed by atoms with Crippen LogP contribution in [-0.4, -0.2) is 24.9 Å². The molecular weight excluding hydrogens is 237 g/mol. The molecule has 5 nitrogen and oxygen atoms in total. The van der Waals surface area contributed by atoms with E-state index in [-0.39, 0.29) is 30.1 Å². The zero-order valence-electron chi connectivity index (χ0n) is 10.1. The summed E-state index contributed by atoms with van der Waals surface area (Å²) in [6.45, 7) is 2.57. The van der Waals surface area contributed by atoms with Crippen molar-refractivity contribution in [2.45, 2.75) is 13.3 Å². The van der Waals surface area contributed by atoms with E-state index in [4.69, 9.17) is 5.73 Å². The van der Waals surface area contributed by atoms with Crippen molar-refractivity contribution < 1.29 is 14.0 Å². The number of benzene rings is 1. The van der Waals surface area contributed by atoms with Gasteiger partial charge in [0.05, 0.1) is 5.69 Å². The predicted octanol–water partition coefficient (Wildman–Crippen LogP) is 0.664. The van der Waals surface area contributed by atoms with Crippen molar-refractivity contribution in [1.29, 1.82) is 0 Å². The standard InChI is InChI=1S/C12H16FN3O2/c1-2-15-11(17)5-6-16-12(18)8-3-4-10(14)9(13)7-8/h3-4,7H,2,5-6,14H2,1H3,(H,15,17)(H,16,18). The smallest absolute Gasteiger partial charge is 0.251 e. The Morgan fingerprint density at radius 1 is 1.33 bits per heavy atom. The van der Waals surface area contributed by atoms with Crippen LogP contribution in [0.5, 0.6) is 0 Å². The highest BCUT2D eigenvalue weighted by Gasteiger charge is 2.08. The molecule has 1 aromatic rings. The fraction of sp³-hybridized carbons (Fsp3) is 0.333. The lowest BCUT2D eigenvalue weighted by Gasteiger charge is -2.06. The van der Waals surface area contributed by atoms with Gasteiger partial charge in [-0.3, -0.25) is 9.59 Å². The normalized spacial score (nSPS) is 9.89. The van der Waals surface area contributed by atoms with E-state index in [2.05, 4.69) is 10.6 Å². The van der Waals surface area contributed by atoms with Gasteiger partial charge in [-0.1, -0.05) is 0 Å². The summed E-state index contributed by atoms with van der Waals surface area (Å²) in [5.41, 5.74) is 5.48. The van der Waals surface area contributed by atoms with Crippen LogP contribution >= 0.6 is 0 Å². The third kappa shape index (κ3) is 4.04. The molecular formula is C12H16FN3O2. The van der Waals surface area contributed by atoms with E-state index >= 15 is 0 Å². The molecule has 0 atom stereocenters. The number of hydrogen-bond acceptors (Lipinski definition) is 3. The molecule has 0 saturated heterocycles. The Morgan fingerprint density at radius 3 is 2.67 bits per heavy atom. The first kappa shape index (κ1) is 14.0. The number of nitrogens with two attached hydrogens (primary N) is 1. The quantitative estimate of drug-likeness (QED) is 0.674. The lowest BCUT2D eigenvalue weighted by molar-refractivity contribution is -0.120. The summed E-state index contributed by atoms with van der Waals surface area (Å²) in [6.07, 6.45) is 0.192. The number of carbonyl (C=O) groups is 2. The summed E-state index contributed by atoms with van der Waals surface area (Å²) in [6, 6.07) is 3.82. The molecule has 0 radical (unpaired) electrons. The number of anilines is 1. The molecule has 18 heavy (non-hydrogen) atoms. The van der Waals surface area contributed by atoms with Crippen molar-refractivity contribution in [3.63, 3.8) is 0 Å². The van der Waals surface area contributed by atoms with E-state index in [0.29, 0.717) is 6.54 Å². The largest absolute Gasteiger partial charge is 0.396 e. The van der Waals surface area contributed by atoms with Crippen LogP contribution in [0.4, 0.5) is 10.1 Å². The Morgan fingerprint density at radius 2 is 2.06 bits per heavy atom. The predicted molar refractivity (Wildman–Crippen MR) is 66.4 cm³/mol. The molecule has 0 fully saturated rings. The maximum atomic E-state index is 13.1. The van der Waals surface area contributed by atoms with Gasteiger partial charge in [0.25, 0.3) is 5.91 Å². The molecule has 0 bridgehead atoms. The number of nitrogen functional groups attached to an aromatic ring is 1. The fourth-order valence-corrected chi connectivity index (χ4v) is 1.35. The SMILES string of the molecule is CCNC(=O)CCNC(=O)c1ccc(N)c(F)c1. The van der Waals surface area contributed by atoms with E-state index in [1.165, 1.54) is 12.1 Å². The Hall–Kier alpha value is -2.11. The molecule has 0 aromatic heterocycles. The van der Waals surface area contributed by atoms with Crippen molar-refractivity contribution >= 4 is 17.5 Å². The summed E-state index contributed by atoms with van der Waals surface area (Å²) in [4.78, 5) is 22.7. The van der Waals surface area contributed by atoms with Gasteiger partial charge < -0.3 is 16.4 Å². The maximum absolute atomic E-state index is 13.1. The number of nitrogens with one attached hydrogen (secondary N) is 2. The van der Waals surface area contributed by atoms with Gasteiger partial charge in [-0.2, -0.15) is 0 Å². The van der Waals surface area contributed by atoms with Crippen molar-refractivity contribution in [1.82, 2.24) is 10.6 Å². The van der Waals surface area contributed by atoms with Crippen LogP contribution < -0.4 is 16.4 Å². The molecule has 98 valence electrons. The first-order chi connectivity index (χ1) is 8.54. The number of carbonyl (C=O) groups excluding carboxylic acids is 2. The van der Waals surface area contributed by atoms with Crippen LogP contribution in [-0.2, 0) is 4.79 Å². The molecule has 4 N–H and O–H groups in total. The highest BCUT2D eigenvalue weighted by molar-refractivity contribution is 5.94. The van der Waals surface area contributed by atoms with E-state index < -0.39 is 11.7 Å². The van der Waals surface area contributed by atoms with Crippen LogP contribution in [0, 0.1) is 5.82 Å². The van der Waals surface area contributed by atoms with Crippen molar-refractivity contribution in [3.05, 3.63) is 29.6 Å². The Kier molecular flexibility index (Phi) is 5.10. The maximum Gasteiger partial charge on any atom is 0.251 e. The van der Waals surface area contributed by atoms with Crippen LogP contribution in [0.15, 0.2) is 18.2 Å². The van der Waals surface area contributed by atoms with Crippen LogP contribution in [0.3, 0.4) is 0 Å². The zero-order valence-corrected chi connectivity index (χ0v) is 10.1. The molecule has 0 aliphatic carbocycles. The first-order valence-electron chi connectivity index (χ1n) is 5.64. The second-order valence-electron chi connectivity index (χ2n) is 3.70. The monoisotopic (exact) mass is 253 g/mol. The minimum absolute atomic E-state index is 0.00567. The van der Waals surface area contributed by atoms with Crippen LogP contribution in [0.25, 0.3) is 0 Å². The highest BCUT2D eigenvalue weighted by Crippen LogP contribution is 2.11.